The van der Waals surface area contributed by atoms with Gasteiger partial charge in [-0.1, -0.05) is 70.4 Å². The van der Waals surface area contributed by atoms with E-state index in [4.69, 9.17) is 4.74 Å². The fraction of sp³-hybridized carbons (Fsp3) is 0.667. The molecule has 0 aliphatic heterocycles. The number of hydrogen-bond donors (Lipinski definition) is 1. The molecule has 0 spiro atoms. The third-order valence-corrected chi connectivity index (χ3v) is 4.40. The standard InChI is InChI=1S/C21H35NO2/c1-3-4-5-6-7-8-9-10-11-12-21(23)22-18-17-19-13-15-20(24-2)16-14-19/h13-16H,3-12,17-18H2,1-2H3,(H,22,23). The Kier molecular flexibility index (Phi) is 11.9. The molecule has 1 aromatic carbocycles. The van der Waals surface area contributed by atoms with E-state index in [-0.39, 0.29) is 5.91 Å². The van der Waals surface area contributed by atoms with E-state index in [0.29, 0.717) is 13.0 Å². The largest absolute Gasteiger partial charge is 0.497 e. The molecule has 24 heavy (non-hydrogen) atoms. The maximum Gasteiger partial charge on any atom is 0.220 e. The monoisotopic (exact) mass is 333 g/mol. The molecular weight excluding hydrogens is 298 g/mol. The summed E-state index contributed by atoms with van der Waals surface area (Å²) in [5, 5.41) is 3.01. The molecule has 0 saturated carbocycles. The second-order valence-corrected chi connectivity index (χ2v) is 6.53. The first-order chi connectivity index (χ1) is 11.8. The average Bonchev–Trinajstić information content (AvgIpc) is 2.61. The number of amides is 1. The van der Waals surface area contributed by atoms with E-state index in [1.807, 2.05) is 24.3 Å². The van der Waals surface area contributed by atoms with E-state index < -0.39 is 0 Å². The lowest BCUT2D eigenvalue weighted by Crippen LogP contribution is -2.25. The number of unbranched alkanes of at least 4 members (excludes halogenated alkanes) is 8. The number of methoxy groups -OCH3 is 1. The van der Waals surface area contributed by atoms with Crippen LogP contribution in [-0.2, 0) is 11.2 Å². The van der Waals surface area contributed by atoms with Gasteiger partial charge in [-0.2, -0.15) is 0 Å². The molecule has 3 heteroatoms. The predicted octanol–water partition coefficient (Wildman–Crippen LogP) is 5.27. The summed E-state index contributed by atoms with van der Waals surface area (Å²) in [6.07, 6.45) is 13.1. The number of ether oxygens (including phenoxy) is 1. The molecule has 0 saturated heterocycles. The van der Waals surface area contributed by atoms with Crippen LogP contribution in [0.15, 0.2) is 24.3 Å². The van der Waals surface area contributed by atoms with Crippen LogP contribution >= 0.6 is 0 Å². The van der Waals surface area contributed by atoms with Crippen LogP contribution in [0.25, 0.3) is 0 Å². The van der Waals surface area contributed by atoms with Crippen molar-refractivity contribution in [3.05, 3.63) is 29.8 Å². The Balaban J connectivity index is 1.94. The maximum atomic E-state index is 11.8. The lowest BCUT2D eigenvalue weighted by molar-refractivity contribution is -0.121. The molecular formula is C21H35NO2. The van der Waals surface area contributed by atoms with Crippen LogP contribution in [0.3, 0.4) is 0 Å². The van der Waals surface area contributed by atoms with Gasteiger partial charge >= 0.3 is 0 Å². The molecule has 0 aromatic heterocycles. The minimum atomic E-state index is 0.187. The highest BCUT2D eigenvalue weighted by Gasteiger charge is 2.01. The predicted molar refractivity (Wildman–Crippen MR) is 102 cm³/mol. The van der Waals surface area contributed by atoms with Gasteiger partial charge in [0.05, 0.1) is 7.11 Å². The summed E-state index contributed by atoms with van der Waals surface area (Å²) >= 11 is 0. The molecule has 1 N–H and O–H groups in total. The van der Waals surface area contributed by atoms with Crippen LogP contribution in [0.4, 0.5) is 0 Å². The molecule has 0 unspecified atom stereocenters. The van der Waals surface area contributed by atoms with E-state index in [1.54, 1.807) is 7.11 Å². The summed E-state index contributed by atoms with van der Waals surface area (Å²) in [4.78, 5) is 11.8. The number of hydrogen-bond acceptors (Lipinski definition) is 2. The molecule has 0 heterocycles. The second kappa shape index (κ2) is 13.9. The highest BCUT2D eigenvalue weighted by Crippen LogP contribution is 2.12. The second-order valence-electron chi connectivity index (χ2n) is 6.53. The lowest BCUT2D eigenvalue weighted by atomic mass is 10.1. The Morgan fingerprint density at radius 3 is 2.08 bits per heavy atom. The van der Waals surface area contributed by atoms with Crippen molar-refractivity contribution in [2.24, 2.45) is 0 Å². The normalized spacial score (nSPS) is 10.6. The van der Waals surface area contributed by atoms with Crippen LogP contribution in [0.1, 0.15) is 76.7 Å². The summed E-state index contributed by atoms with van der Waals surface area (Å²) in [5.41, 5.74) is 1.22. The Bertz CT molecular complexity index is 428. The van der Waals surface area contributed by atoms with Gasteiger partial charge in [-0.25, -0.2) is 0 Å². The molecule has 0 radical (unpaired) electrons. The van der Waals surface area contributed by atoms with Gasteiger partial charge in [0.1, 0.15) is 5.75 Å². The van der Waals surface area contributed by atoms with Crippen molar-refractivity contribution in [2.75, 3.05) is 13.7 Å². The lowest BCUT2D eigenvalue weighted by Gasteiger charge is -2.06. The molecule has 0 aliphatic carbocycles. The highest BCUT2D eigenvalue weighted by atomic mass is 16.5. The number of carbonyl (C=O) groups excluding carboxylic acids is 1. The van der Waals surface area contributed by atoms with Crippen molar-refractivity contribution in [3.8, 4) is 5.75 Å². The van der Waals surface area contributed by atoms with E-state index in [9.17, 15) is 4.79 Å². The zero-order valence-electron chi connectivity index (χ0n) is 15.6. The van der Waals surface area contributed by atoms with Gasteiger partial charge in [0, 0.05) is 13.0 Å². The number of benzene rings is 1. The first-order valence-electron chi connectivity index (χ1n) is 9.66. The van der Waals surface area contributed by atoms with E-state index in [2.05, 4.69) is 12.2 Å². The van der Waals surface area contributed by atoms with Gasteiger partial charge in [0.2, 0.25) is 5.91 Å². The molecule has 1 aromatic rings. The van der Waals surface area contributed by atoms with Gasteiger partial charge in [0.15, 0.2) is 0 Å². The Hall–Kier alpha value is -1.51. The van der Waals surface area contributed by atoms with Gasteiger partial charge in [-0.05, 0) is 30.5 Å². The number of nitrogens with one attached hydrogen (secondary N) is 1. The summed E-state index contributed by atoms with van der Waals surface area (Å²) in [7, 11) is 1.67. The van der Waals surface area contributed by atoms with Crippen molar-refractivity contribution >= 4 is 5.91 Å². The number of rotatable bonds is 14. The van der Waals surface area contributed by atoms with Gasteiger partial charge < -0.3 is 10.1 Å². The maximum absolute atomic E-state index is 11.8. The topological polar surface area (TPSA) is 38.3 Å². The fourth-order valence-electron chi connectivity index (χ4n) is 2.82. The molecule has 136 valence electrons. The molecule has 0 bridgehead atoms. The summed E-state index contributed by atoms with van der Waals surface area (Å²) in [6.45, 7) is 2.96. The summed E-state index contributed by atoms with van der Waals surface area (Å²) < 4.78 is 5.14. The van der Waals surface area contributed by atoms with Crippen molar-refractivity contribution in [3.63, 3.8) is 0 Å². The van der Waals surface area contributed by atoms with Crippen LogP contribution in [-0.4, -0.2) is 19.6 Å². The molecule has 0 atom stereocenters. The van der Waals surface area contributed by atoms with Crippen molar-refractivity contribution in [1.82, 2.24) is 5.32 Å². The zero-order chi connectivity index (χ0) is 17.5. The molecule has 1 amide bonds. The summed E-state index contributed by atoms with van der Waals surface area (Å²) in [5.74, 6) is 1.06. The van der Waals surface area contributed by atoms with Crippen LogP contribution in [0.2, 0.25) is 0 Å². The van der Waals surface area contributed by atoms with Crippen LogP contribution < -0.4 is 10.1 Å². The Morgan fingerprint density at radius 2 is 1.50 bits per heavy atom. The fourth-order valence-corrected chi connectivity index (χ4v) is 2.82. The van der Waals surface area contributed by atoms with Crippen molar-refractivity contribution < 1.29 is 9.53 Å². The minimum Gasteiger partial charge on any atom is -0.497 e. The van der Waals surface area contributed by atoms with Crippen LogP contribution in [0, 0.1) is 0 Å². The Labute approximate surface area is 148 Å². The molecule has 1 rings (SSSR count). The third-order valence-electron chi connectivity index (χ3n) is 4.40. The van der Waals surface area contributed by atoms with E-state index in [0.717, 1.165) is 18.6 Å². The number of carbonyl (C=O) groups is 1. The van der Waals surface area contributed by atoms with E-state index in [1.165, 1.54) is 56.9 Å². The first kappa shape index (κ1) is 20.5. The van der Waals surface area contributed by atoms with Gasteiger partial charge in [0.25, 0.3) is 0 Å². The highest BCUT2D eigenvalue weighted by molar-refractivity contribution is 5.75. The van der Waals surface area contributed by atoms with Crippen molar-refractivity contribution in [2.45, 2.75) is 77.6 Å². The molecule has 3 nitrogen and oxygen atoms in total. The van der Waals surface area contributed by atoms with E-state index >= 15 is 0 Å². The van der Waals surface area contributed by atoms with Gasteiger partial charge in [-0.15, -0.1) is 0 Å². The quantitative estimate of drug-likeness (QED) is 0.471. The minimum absolute atomic E-state index is 0.187. The Morgan fingerprint density at radius 1 is 0.917 bits per heavy atom. The zero-order valence-corrected chi connectivity index (χ0v) is 15.6. The molecule has 0 fully saturated rings. The average molecular weight is 334 g/mol. The molecule has 0 aliphatic rings. The summed E-state index contributed by atoms with van der Waals surface area (Å²) in [6, 6.07) is 8.01. The first-order valence-corrected chi connectivity index (χ1v) is 9.66. The van der Waals surface area contributed by atoms with Crippen molar-refractivity contribution in [1.29, 1.82) is 0 Å². The van der Waals surface area contributed by atoms with Gasteiger partial charge in [-0.3, -0.25) is 4.79 Å². The van der Waals surface area contributed by atoms with Crippen LogP contribution in [0.5, 0.6) is 5.75 Å². The smallest absolute Gasteiger partial charge is 0.220 e. The third kappa shape index (κ3) is 10.3. The SMILES string of the molecule is CCCCCCCCCCCC(=O)NCCc1ccc(OC)cc1.